The van der Waals surface area contributed by atoms with Crippen molar-refractivity contribution in [2.75, 3.05) is 0 Å². The lowest BCUT2D eigenvalue weighted by atomic mass is 10.1. The molecule has 4 N–H and O–H groups in total. The minimum atomic E-state index is -0.429. The van der Waals surface area contributed by atoms with Crippen LogP contribution in [-0.2, 0) is 4.79 Å². The lowest BCUT2D eigenvalue weighted by Gasteiger charge is -2.09. The van der Waals surface area contributed by atoms with Gasteiger partial charge in [-0.15, -0.1) is 0 Å². The number of carbonyl (C=O) groups excluding carboxylic acids is 1. The Balaban J connectivity index is 2.35. The topological polar surface area (TPSA) is 82.0 Å². The molecule has 1 aromatic carbocycles. The number of amides is 1. The molecule has 4 nitrogen and oxygen atoms in total. The predicted octanol–water partition coefficient (Wildman–Crippen LogP) is 1.11. The summed E-state index contributed by atoms with van der Waals surface area (Å²) in [6.45, 7) is 0. The molecule has 1 heterocycles. The molecule has 2 rings (SSSR count). The number of para-hydroxylation sites is 1. The highest BCUT2D eigenvalue weighted by atomic mass is 16.1. The number of rotatable bonds is 3. The first kappa shape index (κ1) is 10.6. The molecule has 2 aromatic rings. The highest BCUT2D eigenvalue weighted by Gasteiger charge is 2.10. The third-order valence-electron chi connectivity index (χ3n) is 2.42. The van der Waals surface area contributed by atoms with Crippen LogP contribution in [-0.4, -0.2) is 10.9 Å². The Morgan fingerprint density at radius 1 is 1.25 bits per heavy atom. The Hall–Kier alpha value is -1.94. The predicted molar refractivity (Wildman–Crippen MR) is 62.5 cm³/mol. The highest BCUT2D eigenvalue weighted by Crippen LogP contribution is 2.16. The maximum atomic E-state index is 10.8. The number of pyridine rings is 1. The van der Waals surface area contributed by atoms with Crippen molar-refractivity contribution in [3.8, 4) is 0 Å². The van der Waals surface area contributed by atoms with Crippen molar-refractivity contribution < 1.29 is 4.79 Å². The van der Waals surface area contributed by atoms with Gasteiger partial charge in [-0.05, 0) is 12.1 Å². The van der Waals surface area contributed by atoms with Crippen LogP contribution >= 0.6 is 0 Å². The minimum absolute atomic E-state index is 0.116. The summed E-state index contributed by atoms with van der Waals surface area (Å²) >= 11 is 0. The van der Waals surface area contributed by atoms with Gasteiger partial charge in [-0.3, -0.25) is 9.78 Å². The molecule has 0 bridgehead atoms. The van der Waals surface area contributed by atoms with Crippen LogP contribution in [0.4, 0.5) is 0 Å². The third-order valence-corrected chi connectivity index (χ3v) is 2.42. The molecule has 0 saturated carbocycles. The van der Waals surface area contributed by atoms with Crippen molar-refractivity contribution in [2.45, 2.75) is 12.5 Å². The molecule has 1 unspecified atom stereocenters. The SMILES string of the molecule is NC(=O)CC(N)c1ccc2ccccc2n1. The van der Waals surface area contributed by atoms with E-state index in [1.165, 1.54) is 0 Å². The van der Waals surface area contributed by atoms with E-state index in [0.29, 0.717) is 5.69 Å². The molecule has 0 aliphatic heterocycles. The van der Waals surface area contributed by atoms with Crippen molar-refractivity contribution in [1.29, 1.82) is 0 Å². The minimum Gasteiger partial charge on any atom is -0.370 e. The summed E-state index contributed by atoms with van der Waals surface area (Å²) < 4.78 is 0. The van der Waals surface area contributed by atoms with Crippen molar-refractivity contribution in [1.82, 2.24) is 4.98 Å². The van der Waals surface area contributed by atoms with Crippen LogP contribution in [0.1, 0.15) is 18.2 Å². The lowest BCUT2D eigenvalue weighted by molar-refractivity contribution is -0.118. The second kappa shape index (κ2) is 4.28. The average molecular weight is 215 g/mol. The molecular weight excluding hydrogens is 202 g/mol. The molecule has 0 aliphatic carbocycles. The zero-order valence-electron chi connectivity index (χ0n) is 8.76. The van der Waals surface area contributed by atoms with E-state index in [-0.39, 0.29) is 6.42 Å². The van der Waals surface area contributed by atoms with E-state index in [0.717, 1.165) is 10.9 Å². The molecular formula is C12H13N3O. The van der Waals surface area contributed by atoms with Gasteiger partial charge < -0.3 is 11.5 Å². The molecule has 16 heavy (non-hydrogen) atoms. The molecule has 82 valence electrons. The van der Waals surface area contributed by atoms with Crippen LogP contribution < -0.4 is 11.5 Å². The van der Waals surface area contributed by atoms with Gasteiger partial charge in [0.1, 0.15) is 0 Å². The van der Waals surface area contributed by atoms with Gasteiger partial charge >= 0.3 is 0 Å². The Bertz CT molecular complexity index is 524. The largest absolute Gasteiger partial charge is 0.370 e. The molecule has 1 atom stereocenters. The molecule has 0 fully saturated rings. The van der Waals surface area contributed by atoms with Crippen molar-refractivity contribution in [3.05, 3.63) is 42.1 Å². The van der Waals surface area contributed by atoms with Crippen LogP contribution in [0, 0.1) is 0 Å². The maximum absolute atomic E-state index is 10.8. The Labute approximate surface area is 93.3 Å². The normalized spacial score (nSPS) is 12.6. The van der Waals surface area contributed by atoms with E-state index in [9.17, 15) is 4.79 Å². The number of primary amides is 1. The standard InChI is InChI=1S/C12H13N3O/c13-9(7-12(14)16)11-6-5-8-3-1-2-4-10(8)15-11/h1-6,9H,7,13H2,(H2,14,16). The Kier molecular flexibility index (Phi) is 2.83. The fourth-order valence-electron chi connectivity index (χ4n) is 1.61. The number of hydrogen-bond acceptors (Lipinski definition) is 3. The second-order valence-electron chi connectivity index (χ2n) is 3.71. The van der Waals surface area contributed by atoms with Gasteiger partial charge in [-0.1, -0.05) is 24.3 Å². The van der Waals surface area contributed by atoms with Gasteiger partial charge in [0.25, 0.3) is 0 Å². The van der Waals surface area contributed by atoms with E-state index < -0.39 is 11.9 Å². The molecule has 1 amide bonds. The molecule has 0 aliphatic rings. The fraction of sp³-hybridized carbons (Fsp3) is 0.167. The highest BCUT2D eigenvalue weighted by molar-refractivity contribution is 5.79. The number of carbonyl (C=O) groups is 1. The van der Waals surface area contributed by atoms with Crippen LogP contribution in [0.3, 0.4) is 0 Å². The molecule has 0 spiro atoms. The second-order valence-corrected chi connectivity index (χ2v) is 3.71. The van der Waals surface area contributed by atoms with E-state index in [2.05, 4.69) is 4.98 Å². The van der Waals surface area contributed by atoms with Crippen LogP contribution in [0.25, 0.3) is 10.9 Å². The smallest absolute Gasteiger partial charge is 0.219 e. The van der Waals surface area contributed by atoms with Gasteiger partial charge in [0, 0.05) is 11.8 Å². The summed E-state index contributed by atoms with van der Waals surface area (Å²) in [6, 6.07) is 11.1. The first-order valence-corrected chi connectivity index (χ1v) is 5.06. The van der Waals surface area contributed by atoms with E-state index in [1.54, 1.807) is 0 Å². The summed E-state index contributed by atoms with van der Waals surface area (Å²) in [5.74, 6) is -0.414. The molecule has 4 heteroatoms. The number of fused-ring (bicyclic) bond motifs is 1. The molecule has 0 radical (unpaired) electrons. The average Bonchev–Trinajstić information content (AvgIpc) is 2.27. The number of aromatic nitrogens is 1. The zero-order chi connectivity index (χ0) is 11.5. The van der Waals surface area contributed by atoms with Crippen molar-refractivity contribution in [2.24, 2.45) is 11.5 Å². The summed E-state index contributed by atoms with van der Waals surface area (Å²) in [4.78, 5) is 15.2. The van der Waals surface area contributed by atoms with Crippen molar-refractivity contribution >= 4 is 16.8 Å². The summed E-state index contributed by atoms with van der Waals surface area (Å²) in [5.41, 5.74) is 12.5. The van der Waals surface area contributed by atoms with Gasteiger partial charge in [-0.2, -0.15) is 0 Å². The van der Waals surface area contributed by atoms with Crippen molar-refractivity contribution in [3.63, 3.8) is 0 Å². The number of nitrogens with zero attached hydrogens (tertiary/aromatic N) is 1. The number of nitrogens with two attached hydrogens (primary N) is 2. The summed E-state index contributed by atoms with van der Waals surface area (Å²) in [6.07, 6.45) is 0.116. The van der Waals surface area contributed by atoms with E-state index in [1.807, 2.05) is 36.4 Å². The monoisotopic (exact) mass is 215 g/mol. The molecule has 0 saturated heterocycles. The number of hydrogen-bond donors (Lipinski definition) is 2. The van der Waals surface area contributed by atoms with Crippen LogP contribution in [0.15, 0.2) is 36.4 Å². The van der Waals surface area contributed by atoms with Gasteiger partial charge in [-0.25, -0.2) is 0 Å². The first-order valence-electron chi connectivity index (χ1n) is 5.06. The van der Waals surface area contributed by atoms with Gasteiger partial charge in [0.15, 0.2) is 0 Å². The summed E-state index contributed by atoms with van der Waals surface area (Å²) in [7, 11) is 0. The Morgan fingerprint density at radius 2 is 2.00 bits per heavy atom. The van der Waals surface area contributed by atoms with Gasteiger partial charge in [0.05, 0.1) is 17.3 Å². The first-order chi connectivity index (χ1) is 7.66. The summed E-state index contributed by atoms with van der Waals surface area (Å²) in [5, 5.41) is 1.05. The van der Waals surface area contributed by atoms with E-state index >= 15 is 0 Å². The Morgan fingerprint density at radius 3 is 2.75 bits per heavy atom. The third kappa shape index (κ3) is 2.17. The fourth-order valence-corrected chi connectivity index (χ4v) is 1.61. The number of benzene rings is 1. The maximum Gasteiger partial charge on any atom is 0.219 e. The lowest BCUT2D eigenvalue weighted by Crippen LogP contribution is -2.21. The van der Waals surface area contributed by atoms with Gasteiger partial charge in [0.2, 0.25) is 5.91 Å². The van der Waals surface area contributed by atoms with E-state index in [4.69, 9.17) is 11.5 Å². The quantitative estimate of drug-likeness (QED) is 0.804. The van der Waals surface area contributed by atoms with Crippen LogP contribution in [0.5, 0.6) is 0 Å². The zero-order valence-corrected chi connectivity index (χ0v) is 8.76. The van der Waals surface area contributed by atoms with Crippen LogP contribution in [0.2, 0.25) is 0 Å². The molecule has 1 aromatic heterocycles.